The summed E-state index contributed by atoms with van der Waals surface area (Å²) >= 11 is 0. The van der Waals surface area contributed by atoms with Gasteiger partial charge in [-0.15, -0.1) is 0 Å². The van der Waals surface area contributed by atoms with Crippen molar-refractivity contribution in [2.45, 2.75) is 19.3 Å². The number of methoxy groups -OCH3 is 1. The molecule has 2 unspecified atom stereocenters. The highest BCUT2D eigenvalue weighted by molar-refractivity contribution is 5.95. The molecule has 0 aromatic heterocycles. The summed E-state index contributed by atoms with van der Waals surface area (Å²) in [7, 11) is 1.19. The van der Waals surface area contributed by atoms with Crippen LogP contribution in [0.3, 0.4) is 0 Å². The number of esters is 1. The molecule has 1 N–H and O–H groups in total. The van der Waals surface area contributed by atoms with Gasteiger partial charge in [-0.25, -0.2) is 9.18 Å². The molecule has 3 rings (SSSR count). The summed E-state index contributed by atoms with van der Waals surface area (Å²) in [6, 6.07) is 3.93. The standard InChI is InChI=1S/C15H16FNO3/c1-20-15(19)12-7-11(2-3-13(12)16)17-14(18)10-5-8-4-9(8)6-10/h2-3,7-10H,4-6H2,1H3,(H,17,18). The van der Waals surface area contributed by atoms with Crippen LogP contribution in [-0.2, 0) is 9.53 Å². The number of carbonyl (C=O) groups is 2. The van der Waals surface area contributed by atoms with Crippen molar-refractivity contribution in [1.82, 2.24) is 0 Å². The van der Waals surface area contributed by atoms with Gasteiger partial charge in [0.1, 0.15) is 5.82 Å². The Morgan fingerprint density at radius 2 is 1.95 bits per heavy atom. The average Bonchev–Trinajstić information content (AvgIpc) is 3.06. The monoisotopic (exact) mass is 277 g/mol. The fourth-order valence-electron chi connectivity index (χ4n) is 3.04. The SMILES string of the molecule is COC(=O)c1cc(NC(=O)C2CC3CC3C2)ccc1F. The van der Waals surface area contributed by atoms with Crippen LogP contribution >= 0.6 is 0 Å². The second-order valence-electron chi connectivity index (χ2n) is 5.60. The number of hydrogen-bond donors (Lipinski definition) is 1. The molecule has 0 radical (unpaired) electrons. The maximum Gasteiger partial charge on any atom is 0.340 e. The third-order valence-corrected chi connectivity index (χ3v) is 4.25. The molecule has 2 atom stereocenters. The molecule has 1 aromatic rings. The number of nitrogens with one attached hydrogen (secondary N) is 1. The lowest BCUT2D eigenvalue weighted by molar-refractivity contribution is -0.120. The summed E-state index contributed by atoms with van der Waals surface area (Å²) in [5, 5.41) is 2.76. The molecule has 0 bridgehead atoms. The molecular formula is C15H16FNO3. The van der Waals surface area contributed by atoms with E-state index in [0.717, 1.165) is 30.7 Å². The van der Waals surface area contributed by atoms with Crippen molar-refractivity contribution in [3.05, 3.63) is 29.6 Å². The van der Waals surface area contributed by atoms with E-state index in [0.29, 0.717) is 5.69 Å². The Balaban J connectivity index is 1.70. The molecule has 0 aliphatic heterocycles. The van der Waals surface area contributed by atoms with Gasteiger partial charge in [-0.2, -0.15) is 0 Å². The van der Waals surface area contributed by atoms with Gasteiger partial charge in [0, 0.05) is 11.6 Å². The van der Waals surface area contributed by atoms with Crippen molar-refractivity contribution >= 4 is 17.6 Å². The van der Waals surface area contributed by atoms with E-state index in [2.05, 4.69) is 10.1 Å². The van der Waals surface area contributed by atoms with Crippen LogP contribution in [0.5, 0.6) is 0 Å². The van der Waals surface area contributed by atoms with Gasteiger partial charge in [-0.05, 0) is 49.3 Å². The fourth-order valence-corrected chi connectivity index (χ4v) is 3.04. The lowest BCUT2D eigenvalue weighted by Gasteiger charge is -2.13. The van der Waals surface area contributed by atoms with Crippen LogP contribution in [0.2, 0.25) is 0 Å². The number of fused-ring (bicyclic) bond motifs is 1. The largest absolute Gasteiger partial charge is 0.465 e. The highest BCUT2D eigenvalue weighted by atomic mass is 19.1. The topological polar surface area (TPSA) is 55.4 Å². The summed E-state index contributed by atoms with van der Waals surface area (Å²) in [4.78, 5) is 23.5. The number of carbonyl (C=O) groups excluding carboxylic acids is 2. The Kier molecular flexibility index (Phi) is 3.20. The van der Waals surface area contributed by atoms with E-state index < -0.39 is 11.8 Å². The lowest BCUT2D eigenvalue weighted by Crippen LogP contribution is -2.21. The van der Waals surface area contributed by atoms with Gasteiger partial charge in [0.2, 0.25) is 5.91 Å². The molecule has 0 saturated heterocycles. The first-order valence-corrected chi connectivity index (χ1v) is 6.77. The molecule has 0 spiro atoms. The van der Waals surface area contributed by atoms with Crippen molar-refractivity contribution in [2.24, 2.45) is 17.8 Å². The molecule has 2 aliphatic rings. The Bertz CT molecular complexity index is 562. The normalized spacial score (nSPS) is 26.8. The molecular weight excluding hydrogens is 261 g/mol. The van der Waals surface area contributed by atoms with Gasteiger partial charge in [0.15, 0.2) is 0 Å². The quantitative estimate of drug-likeness (QED) is 0.864. The van der Waals surface area contributed by atoms with Crippen LogP contribution in [-0.4, -0.2) is 19.0 Å². The Morgan fingerprint density at radius 1 is 1.25 bits per heavy atom. The summed E-state index contributed by atoms with van der Waals surface area (Å²) in [6.45, 7) is 0. The van der Waals surface area contributed by atoms with E-state index >= 15 is 0 Å². The molecule has 1 amide bonds. The van der Waals surface area contributed by atoms with Gasteiger partial charge in [-0.3, -0.25) is 4.79 Å². The number of ether oxygens (including phenoxy) is 1. The molecule has 2 aliphatic carbocycles. The van der Waals surface area contributed by atoms with Crippen LogP contribution in [0.4, 0.5) is 10.1 Å². The summed E-state index contributed by atoms with van der Waals surface area (Å²) in [5.41, 5.74) is 0.261. The van der Waals surface area contributed by atoms with E-state index in [1.807, 2.05) is 0 Å². The maximum absolute atomic E-state index is 13.5. The summed E-state index contributed by atoms with van der Waals surface area (Å²) in [5.74, 6) is 0.0527. The van der Waals surface area contributed by atoms with Gasteiger partial charge in [-0.1, -0.05) is 0 Å². The molecule has 5 heteroatoms. The second-order valence-corrected chi connectivity index (χ2v) is 5.60. The van der Waals surface area contributed by atoms with Crippen LogP contribution in [0.1, 0.15) is 29.6 Å². The second kappa shape index (κ2) is 4.89. The molecule has 20 heavy (non-hydrogen) atoms. The minimum Gasteiger partial charge on any atom is -0.465 e. The van der Waals surface area contributed by atoms with Crippen LogP contribution < -0.4 is 5.32 Å². The lowest BCUT2D eigenvalue weighted by atomic mass is 10.0. The first-order chi connectivity index (χ1) is 9.58. The predicted octanol–water partition coefficient (Wildman–Crippen LogP) is 2.60. The van der Waals surface area contributed by atoms with E-state index in [1.165, 1.54) is 25.7 Å². The molecule has 1 aromatic carbocycles. The highest BCUT2D eigenvalue weighted by Crippen LogP contribution is 2.54. The maximum atomic E-state index is 13.5. The Morgan fingerprint density at radius 3 is 2.60 bits per heavy atom. The van der Waals surface area contributed by atoms with Gasteiger partial charge in [0.05, 0.1) is 12.7 Å². The minimum atomic E-state index is -0.749. The zero-order valence-electron chi connectivity index (χ0n) is 11.2. The average molecular weight is 277 g/mol. The zero-order chi connectivity index (χ0) is 14.3. The first-order valence-electron chi connectivity index (χ1n) is 6.77. The van der Waals surface area contributed by atoms with Crippen molar-refractivity contribution < 1.29 is 18.7 Å². The van der Waals surface area contributed by atoms with Crippen LogP contribution in [0.25, 0.3) is 0 Å². The minimum absolute atomic E-state index is 0.0420. The van der Waals surface area contributed by atoms with Gasteiger partial charge in [0.25, 0.3) is 0 Å². The van der Waals surface area contributed by atoms with E-state index in [4.69, 9.17) is 0 Å². The number of hydrogen-bond acceptors (Lipinski definition) is 3. The van der Waals surface area contributed by atoms with E-state index in [9.17, 15) is 14.0 Å². The summed E-state index contributed by atoms with van der Waals surface area (Å²) in [6.07, 6.45) is 3.15. The predicted molar refractivity (Wildman–Crippen MR) is 70.7 cm³/mol. The highest BCUT2D eigenvalue weighted by Gasteiger charge is 2.47. The van der Waals surface area contributed by atoms with Gasteiger partial charge < -0.3 is 10.1 Å². The number of rotatable bonds is 3. The van der Waals surface area contributed by atoms with Crippen LogP contribution in [0.15, 0.2) is 18.2 Å². The van der Waals surface area contributed by atoms with Crippen molar-refractivity contribution in [3.63, 3.8) is 0 Å². The Labute approximate surface area is 116 Å². The third-order valence-electron chi connectivity index (χ3n) is 4.25. The number of benzene rings is 1. The fraction of sp³-hybridized carbons (Fsp3) is 0.467. The molecule has 0 heterocycles. The van der Waals surface area contributed by atoms with Crippen LogP contribution in [0, 0.1) is 23.6 Å². The van der Waals surface area contributed by atoms with E-state index in [1.54, 1.807) is 0 Å². The summed E-state index contributed by atoms with van der Waals surface area (Å²) < 4.78 is 18.0. The first kappa shape index (κ1) is 13.1. The molecule has 2 saturated carbocycles. The Hall–Kier alpha value is -1.91. The third kappa shape index (κ3) is 2.40. The number of amides is 1. The molecule has 4 nitrogen and oxygen atoms in total. The van der Waals surface area contributed by atoms with Crippen molar-refractivity contribution in [1.29, 1.82) is 0 Å². The van der Waals surface area contributed by atoms with E-state index in [-0.39, 0.29) is 17.4 Å². The molecule has 2 fully saturated rings. The molecule has 106 valence electrons. The van der Waals surface area contributed by atoms with Crippen molar-refractivity contribution in [2.75, 3.05) is 12.4 Å². The smallest absolute Gasteiger partial charge is 0.340 e. The van der Waals surface area contributed by atoms with Crippen molar-refractivity contribution in [3.8, 4) is 0 Å². The number of halogens is 1. The van der Waals surface area contributed by atoms with Gasteiger partial charge >= 0.3 is 5.97 Å². The zero-order valence-corrected chi connectivity index (χ0v) is 11.2. The number of anilines is 1.